The zero-order valence-corrected chi connectivity index (χ0v) is 17.5. The standard InChI is InChI=1S/C21H24Cl2N4O/c1-3-4-5-7-14(2)25-21(27-18-9-6-8-16(22)20(18)23)26-17-11-10-15(13-24)12-19(17)28/h6,8-12,14,28H,3-5,7H2,1-2H3,(H2,25,26,27). The average molecular weight is 419 g/mol. The second-order valence-electron chi connectivity index (χ2n) is 6.52. The number of aromatic hydroxyl groups is 1. The number of halogens is 2. The van der Waals surface area contributed by atoms with E-state index in [1.807, 2.05) is 13.0 Å². The highest BCUT2D eigenvalue weighted by atomic mass is 35.5. The average Bonchev–Trinajstić information content (AvgIpc) is 2.67. The molecule has 28 heavy (non-hydrogen) atoms. The van der Waals surface area contributed by atoms with E-state index in [0.717, 1.165) is 25.7 Å². The second kappa shape index (κ2) is 10.8. The number of nitriles is 1. The minimum atomic E-state index is -0.0376. The van der Waals surface area contributed by atoms with Crippen molar-refractivity contribution < 1.29 is 5.11 Å². The Hall–Kier alpha value is -2.42. The maximum Gasteiger partial charge on any atom is 0.200 e. The van der Waals surface area contributed by atoms with Gasteiger partial charge < -0.3 is 15.7 Å². The minimum absolute atomic E-state index is 0.0376. The van der Waals surface area contributed by atoms with E-state index in [2.05, 4.69) is 17.6 Å². The third-order valence-corrected chi connectivity index (χ3v) is 4.98. The van der Waals surface area contributed by atoms with Crippen molar-refractivity contribution in [2.24, 2.45) is 4.99 Å². The summed E-state index contributed by atoms with van der Waals surface area (Å²) in [4.78, 5) is 4.71. The van der Waals surface area contributed by atoms with Gasteiger partial charge in [-0.1, -0.05) is 55.5 Å². The molecule has 0 saturated heterocycles. The molecule has 1 atom stereocenters. The SMILES string of the molecule is CCCCCC(C)N=C(Nc1ccc(C#N)cc1O)Nc1cccc(Cl)c1Cl. The molecule has 0 amide bonds. The topological polar surface area (TPSA) is 80.4 Å². The van der Waals surface area contributed by atoms with Gasteiger partial charge in [-0.2, -0.15) is 5.26 Å². The Morgan fingerprint density at radius 1 is 1.18 bits per heavy atom. The summed E-state index contributed by atoms with van der Waals surface area (Å²) in [6.45, 7) is 4.20. The van der Waals surface area contributed by atoms with Gasteiger partial charge in [0.05, 0.1) is 39.1 Å². The summed E-state index contributed by atoms with van der Waals surface area (Å²) in [6, 6.07) is 12.0. The van der Waals surface area contributed by atoms with Gasteiger partial charge in [-0.25, -0.2) is 4.99 Å². The molecule has 0 aromatic heterocycles. The molecular weight excluding hydrogens is 395 g/mol. The molecule has 148 valence electrons. The zero-order valence-electron chi connectivity index (χ0n) is 16.0. The Balaban J connectivity index is 2.27. The quantitative estimate of drug-likeness (QED) is 0.209. The van der Waals surface area contributed by atoms with E-state index in [0.29, 0.717) is 32.9 Å². The molecule has 0 aliphatic rings. The second-order valence-corrected chi connectivity index (χ2v) is 7.30. The lowest BCUT2D eigenvalue weighted by atomic mass is 10.1. The van der Waals surface area contributed by atoms with Gasteiger partial charge in [0.25, 0.3) is 0 Å². The van der Waals surface area contributed by atoms with Crippen LogP contribution < -0.4 is 10.6 Å². The molecule has 0 fully saturated rings. The van der Waals surface area contributed by atoms with Crippen molar-refractivity contribution in [2.75, 3.05) is 10.6 Å². The summed E-state index contributed by atoms with van der Waals surface area (Å²) >= 11 is 12.4. The van der Waals surface area contributed by atoms with Crippen molar-refractivity contribution in [3.8, 4) is 11.8 Å². The van der Waals surface area contributed by atoms with Crippen molar-refractivity contribution in [3.63, 3.8) is 0 Å². The van der Waals surface area contributed by atoms with E-state index in [1.165, 1.54) is 6.07 Å². The number of hydrogen-bond donors (Lipinski definition) is 3. The summed E-state index contributed by atoms with van der Waals surface area (Å²) in [7, 11) is 0. The molecule has 2 rings (SSSR count). The van der Waals surface area contributed by atoms with E-state index < -0.39 is 0 Å². The summed E-state index contributed by atoms with van der Waals surface area (Å²) in [5.74, 6) is 0.401. The van der Waals surface area contributed by atoms with Gasteiger partial charge in [0.15, 0.2) is 0 Å². The third-order valence-electron chi connectivity index (χ3n) is 4.16. The van der Waals surface area contributed by atoms with Gasteiger partial charge in [0.2, 0.25) is 5.96 Å². The number of nitrogens with one attached hydrogen (secondary N) is 2. The highest BCUT2D eigenvalue weighted by Crippen LogP contribution is 2.30. The summed E-state index contributed by atoms with van der Waals surface area (Å²) < 4.78 is 0. The summed E-state index contributed by atoms with van der Waals surface area (Å²) in [6.07, 6.45) is 4.35. The van der Waals surface area contributed by atoms with Crippen LogP contribution in [0.1, 0.15) is 45.1 Å². The molecule has 5 nitrogen and oxygen atoms in total. The van der Waals surface area contributed by atoms with Crippen LogP contribution in [-0.4, -0.2) is 17.1 Å². The van der Waals surface area contributed by atoms with Gasteiger partial charge in [0.1, 0.15) is 5.75 Å². The van der Waals surface area contributed by atoms with Crippen LogP contribution in [0.15, 0.2) is 41.4 Å². The molecule has 0 bridgehead atoms. The Morgan fingerprint density at radius 2 is 1.93 bits per heavy atom. The van der Waals surface area contributed by atoms with E-state index in [-0.39, 0.29) is 11.8 Å². The van der Waals surface area contributed by atoms with E-state index >= 15 is 0 Å². The highest BCUT2D eigenvalue weighted by molar-refractivity contribution is 6.44. The Bertz CT molecular complexity index is 877. The van der Waals surface area contributed by atoms with Crippen LogP contribution in [-0.2, 0) is 0 Å². The number of phenolic OH excluding ortho intramolecular Hbond substituents is 1. The molecule has 0 aliphatic heterocycles. The Labute approximate surface area is 176 Å². The van der Waals surface area contributed by atoms with Crippen LogP contribution in [0, 0.1) is 11.3 Å². The van der Waals surface area contributed by atoms with Crippen LogP contribution in [0.2, 0.25) is 10.0 Å². The molecular formula is C21H24Cl2N4O. The predicted molar refractivity (Wildman–Crippen MR) is 118 cm³/mol. The van der Waals surface area contributed by atoms with Gasteiger partial charge in [-0.15, -0.1) is 0 Å². The minimum Gasteiger partial charge on any atom is -0.506 e. The normalized spacial score (nSPS) is 12.3. The first-order valence-corrected chi connectivity index (χ1v) is 9.99. The maximum absolute atomic E-state index is 10.2. The van der Waals surface area contributed by atoms with Gasteiger partial charge >= 0.3 is 0 Å². The molecule has 0 aliphatic carbocycles. The predicted octanol–water partition coefficient (Wildman–Crippen LogP) is 6.42. The lowest BCUT2D eigenvalue weighted by Crippen LogP contribution is -2.24. The number of guanidine groups is 1. The molecule has 7 heteroatoms. The lowest BCUT2D eigenvalue weighted by molar-refractivity contribution is 0.477. The number of anilines is 2. The molecule has 3 N–H and O–H groups in total. The monoisotopic (exact) mass is 418 g/mol. The molecule has 0 heterocycles. The van der Waals surface area contributed by atoms with Crippen LogP contribution in [0.4, 0.5) is 11.4 Å². The summed E-state index contributed by atoms with van der Waals surface area (Å²) in [5.41, 5.74) is 1.42. The Morgan fingerprint density at radius 3 is 2.61 bits per heavy atom. The Kier molecular flexibility index (Phi) is 8.43. The maximum atomic E-state index is 10.2. The number of hydrogen-bond acceptors (Lipinski definition) is 3. The van der Waals surface area contributed by atoms with Gasteiger partial charge in [-0.3, -0.25) is 0 Å². The first-order valence-electron chi connectivity index (χ1n) is 9.23. The fraction of sp³-hybridized carbons (Fsp3) is 0.333. The lowest BCUT2D eigenvalue weighted by Gasteiger charge is -2.17. The first-order chi connectivity index (χ1) is 13.4. The van der Waals surface area contributed by atoms with Gasteiger partial charge in [-0.05, 0) is 43.7 Å². The summed E-state index contributed by atoms with van der Waals surface area (Å²) in [5, 5.41) is 26.2. The van der Waals surface area contributed by atoms with E-state index in [1.54, 1.807) is 30.3 Å². The number of nitrogens with zero attached hydrogens (tertiary/aromatic N) is 2. The van der Waals surface area contributed by atoms with Crippen molar-refractivity contribution in [2.45, 2.75) is 45.6 Å². The highest BCUT2D eigenvalue weighted by Gasteiger charge is 2.11. The number of benzene rings is 2. The van der Waals surface area contributed by atoms with Crippen molar-refractivity contribution in [1.82, 2.24) is 0 Å². The molecule has 0 radical (unpaired) electrons. The third kappa shape index (κ3) is 6.33. The van der Waals surface area contributed by atoms with Crippen LogP contribution in [0.25, 0.3) is 0 Å². The van der Waals surface area contributed by atoms with Crippen LogP contribution >= 0.6 is 23.2 Å². The number of unbranched alkanes of at least 4 members (excludes halogenated alkanes) is 2. The van der Waals surface area contributed by atoms with Crippen LogP contribution in [0.3, 0.4) is 0 Å². The van der Waals surface area contributed by atoms with Crippen molar-refractivity contribution >= 4 is 40.5 Å². The smallest absolute Gasteiger partial charge is 0.200 e. The molecule has 2 aromatic carbocycles. The van der Waals surface area contributed by atoms with Crippen molar-refractivity contribution in [1.29, 1.82) is 5.26 Å². The van der Waals surface area contributed by atoms with E-state index in [4.69, 9.17) is 33.5 Å². The van der Waals surface area contributed by atoms with E-state index in [9.17, 15) is 5.11 Å². The van der Waals surface area contributed by atoms with Gasteiger partial charge in [0, 0.05) is 0 Å². The van der Waals surface area contributed by atoms with Crippen LogP contribution in [0.5, 0.6) is 5.75 Å². The molecule has 1 unspecified atom stereocenters. The van der Waals surface area contributed by atoms with Crippen molar-refractivity contribution in [3.05, 3.63) is 52.0 Å². The number of phenols is 1. The fourth-order valence-electron chi connectivity index (χ4n) is 2.63. The largest absolute Gasteiger partial charge is 0.506 e. The molecule has 0 spiro atoms. The zero-order chi connectivity index (χ0) is 20.5. The fourth-order valence-corrected chi connectivity index (χ4v) is 2.98. The molecule has 2 aromatic rings. The number of aliphatic imine (C=N–C) groups is 1. The first kappa shape index (κ1) is 21.9. The number of rotatable bonds is 7. The molecule has 0 saturated carbocycles.